The Labute approximate surface area is 180 Å². The Morgan fingerprint density at radius 1 is 1.34 bits per heavy atom. The van der Waals surface area contributed by atoms with Gasteiger partial charge in [-0.05, 0) is 25.1 Å². The molecule has 3 atom stereocenters. The summed E-state index contributed by atoms with van der Waals surface area (Å²) in [5, 5.41) is 41.5. The fourth-order valence-corrected chi connectivity index (χ4v) is 4.73. The number of aliphatic hydroxyl groups is 1. The van der Waals surface area contributed by atoms with Gasteiger partial charge in [-0.3, -0.25) is 9.36 Å². The van der Waals surface area contributed by atoms with Gasteiger partial charge in [0.1, 0.15) is 11.2 Å². The second kappa shape index (κ2) is 6.88. The van der Waals surface area contributed by atoms with Crippen molar-refractivity contribution in [2.45, 2.75) is 50.2 Å². The Morgan fingerprint density at radius 2 is 2.00 bits per heavy atom. The molecule has 3 N–H and O–H groups in total. The van der Waals surface area contributed by atoms with Crippen molar-refractivity contribution in [2.24, 2.45) is 0 Å². The second-order valence-electron chi connectivity index (χ2n) is 8.09. The molecule has 1 aromatic carbocycles. The summed E-state index contributed by atoms with van der Waals surface area (Å²) in [5.74, 6) is -1.69. The maximum absolute atomic E-state index is 13.4. The van der Waals surface area contributed by atoms with Gasteiger partial charge in [0.2, 0.25) is 11.8 Å². The number of aromatic nitrogens is 1. The maximum Gasteiger partial charge on any atom is 0.417 e. The van der Waals surface area contributed by atoms with Gasteiger partial charge in [0, 0.05) is 19.8 Å². The van der Waals surface area contributed by atoms with E-state index in [1.165, 1.54) is 19.9 Å². The molecule has 0 radical (unpaired) electrons. The number of hydrogen-bond donors (Lipinski definition) is 3. The number of rotatable bonds is 4. The summed E-state index contributed by atoms with van der Waals surface area (Å²) >= 11 is 0. The Balaban J connectivity index is 1.88. The lowest BCUT2D eigenvalue weighted by molar-refractivity contribution is -0.145. The van der Waals surface area contributed by atoms with Crippen molar-refractivity contribution in [3.63, 3.8) is 0 Å². The Kier molecular flexibility index (Phi) is 4.73. The number of nitrogens with zero attached hydrogens (tertiary/aromatic N) is 2. The highest BCUT2D eigenvalue weighted by Gasteiger charge is 2.66. The first-order valence-electron chi connectivity index (χ1n) is 9.66. The van der Waals surface area contributed by atoms with Gasteiger partial charge in [0.05, 0.1) is 46.7 Å². The lowest BCUT2D eigenvalue weighted by atomic mass is 9.76. The smallest absolute Gasteiger partial charge is 0.417 e. The fraction of sp³-hybridized carbons (Fsp3) is 0.429. The number of carbonyl (C=O) groups excluding carboxylic acids is 1. The molecule has 1 fully saturated rings. The van der Waals surface area contributed by atoms with Crippen molar-refractivity contribution in [2.75, 3.05) is 6.61 Å². The second-order valence-corrected chi connectivity index (χ2v) is 8.09. The normalized spacial score (nSPS) is 26.1. The van der Waals surface area contributed by atoms with Crippen LogP contribution in [0.2, 0.25) is 0 Å². The van der Waals surface area contributed by atoms with Gasteiger partial charge in [0.15, 0.2) is 0 Å². The molecule has 32 heavy (non-hydrogen) atoms. The maximum atomic E-state index is 13.4. The molecule has 2 aromatic rings. The minimum atomic E-state index is -4.84. The highest BCUT2D eigenvalue weighted by Crippen LogP contribution is 2.65. The zero-order valence-corrected chi connectivity index (χ0v) is 17.0. The van der Waals surface area contributed by atoms with Crippen molar-refractivity contribution in [3.05, 3.63) is 40.5 Å². The topological polar surface area (TPSA) is 125 Å². The molecule has 2 bridgehead atoms. The lowest BCUT2D eigenvalue weighted by Crippen LogP contribution is -2.33. The molecule has 0 aliphatic carbocycles. The first-order valence-corrected chi connectivity index (χ1v) is 9.66. The van der Waals surface area contributed by atoms with E-state index in [2.05, 4.69) is 0 Å². The van der Waals surface area contributed by atoms with Crippen molar-refractivity contribution in [3.8, 4) is 23.5 Å². The molecule has 8 nitrogen and oxygen atoms in total. The van der Waals surface area contributed by atoms with Crippen LogP contribution in [-0.4, -0.2) is 38.6 Å². The third kappa shape index (κ3) is 2.94. The van der Waals surface area contributed by atoms with E-state index in [1.807, 2.05) is 0 Å². The van der Waals surface area contributed by atoms with Crippen LogP contribution in [-0.2, 0) is 31.6 Å². The standard InChI is InChI=1S/C21H19F3N2O6/c1-10(27)31-6-5-20-8-14(28)19(2,32-20)15-16(20)18(30)26(17(15)29)12-4-3-11(9-25)13(7-12)21(22,23)24/h3-4,7,14,28-30H,5-6,8H2,1-2H3/t14-,19-,20+/m0/s1. The Bertz CT molecular complexity index is 1170. The molecule has 0 amide bonds. The van der Waals surface area contributed by atoms with Crippen LogP contribution < -0.4 is 0 Å². The SMILES string of the molecule is CC(=O)OCC[C@]12C[C@H](O)[C@](C)(O1)c1c2c(O)n(-c2ccc(C#N)c(C(F)(F)F)c2)c1O. The monoisotopic (exact) mass is 452 g/mol. The third-order valence-electron chi connectivity index (χ3n) is 6.14. The van der Waals surface area contributed by atoms with E-state index in [0.717, 1.165) is 16.7 Å². The Hall–Kier alpha value is -3.23. The predicted molar refractivity (Wildman–Crippen MR) is 101 cm³/mol. The zero-order chi connectivity index (χ0) is 23.6. The Morgan fingerprint density at radius 3 is 2.59 bits per heavy atom. The molecule has 3 heterocycles. The first-order chi connectivity index (χ1) is 14.9. The number of fused-ring (bicyclic) bond motifs is 5. The van der Waals surface area contributed by atoms with E-state index in [4.69, 9.17) is 14.7 Å². The largest absolute Gasteiger partial charge is 0.494 e. The van der Waals surface area contributed by atoms with E-state index >= 15 is 0 Å². The molecule has 0 spiro atoms. The van der Waals surface area contributed by atoms with Crippen molar-refractivity contribution in [1.29, 1.82) is 5.26 Å². The summed E-state index contributed by atoms with van der Waals surface area (Å²) in [4.78, 5) is 11.1. The number of ether oxygens (including phenoxy) is 2. The molecule has 0 unspecified atom stereocenters. The number of carbonyl (C=O) groups is 1. The first kappa shape index (κ1) is 22.0. The van der Waals surface area contributed by atoms with Crippen LogP contribution in [0.15, 0.2) is 18.2 Å². The summed E-state index contributed by atoms with van der Waals surface area (Å²) in [7, 11) is 0. The van der Waals surface area contributed by atoms with E-state index in [-0.39, 0.29) is 36.3 Å². The number of alkyl halides is 3. The van der Waals surface area contributed by atoms with Crippen LogP contribution in [0.5, 0.6) is 11.8 Å². The molecule has 2 aliphatic rings. The van der Waals surface area contributed by atoms with Gasteiger partial charge in [-0.15, -0.1) is 0 Å². The average Bonchev–Trinajstić information content (AvgIpc) is 3.22. The third-order valence-corrected chi connectivity index (χ3v) is 6.14. The van der Waals surface area contributed by atoms with Gasteiger partial charge in [-0.2, -0.15) is 18.4 Å². The van der Waals surface area contributed by atoms with Crippen LogP contribution in [0.4, 0.5) is 13.2 Å². The molecule has 0 saturated carbocycles. The number of benzene rings is 1. The van der Waals surface area contributed by atoms with Gasteiger partial charge in [-0.25, -0.2) is 0 Å². The number of hydrogen-bond acceptors (Lipinski definition) is 7. The minimum Gasteiger partial charge on any atom is -0.494 e. The summed E-state index contributed by atoms with van der Waals surface area (Å²) < 4.78 is 52.1. The van der Waals surface area contributed by atoms with Crippen molar-refractivity contribution >= 4 is 5.97 Å². The molecular weight excluding hydrogens is 433 g/mol. The lowest BCUT2D eigenvalue weighted by Gasteiger charge is -2.26. The quantitative estimate of drug-likeness (QED) is 0.609. The number of esters is 1. The summed E-state index contributed by atoms with van der Waals surface area (Å²) in [6.07, 6.45) is -5.85. The number of aliphatic hydroxyl groups excluding tert-OH is 1. The summed E-state index contributed by atoms with van der Waals surface area (Å²) in [6.45, 7) is 2.62. The summed E-state index contributed by atoms with van der Waals surface area (Å²) in [5.41, 5.74) is -4.64. The molecule has 2 aliphatic heterocycles. The van der Waals surface area contributed by atoms with E-state index in [1.54, 1.807) is 0 Å². The molecule has 4 rings (SSSR count). The van der Waals surface area contributed by atoms with Gasteiger partial charge < -0.3 is 24.8 Å². The van der Waals surface area contributed by atoms with E-state index < -0.39 is 52.3 Å². The van der Waals surface area contributed by atoms with Crippen LogP contribution in [0, 0.1) is 11.3 Å². The molecule has 1 aromatic heterocycles. The van der Waals surface area contributed by atoms with Gasteiger partial charge >= 0.3 is 12.1 Å². The zero-order valence-electron chi connectivity index (χ0n) is 17.0. The average molecular weight is 452 g/mol. The van der Waals surface area contributed by atoms with E-state index in [9.17, 15) is 33.3 Å². The highest BCUT2D eigenvalue weighted by molar-refractivity contribution is 5.66. The van der Waals surface area contributed by atoms with Gasteiger partial charge in [-0.1, -0.05) is 0 Å². The number of halogens is 3. The highest BCUT2D eigenvalue weighted by atomic mass is 19.4. The predicted octanol–water partition coefficient (Wildman–Crippen LogP) is 2.94. The van der Waals surface area contributed by atoms with Crippen LogP contribution in [0.1, 0.15) is 48.9 Å². The molecular formula is C21H19F3N2O6. The van der Waals surface area contributed by atoms with Crippen LogP contribution in [0.25, 0.3) is 5.69 Å². The van der Waals surface area contributed by atoms with Crippen molar-refractivity contribution < 1.29 is 42.8 Å². The van der Waals surface area contributed by atoms with Gasteiger partial charge in [0.25, 0.3) is 0 Å². The molecule has 1 saturated heterocycles. The summed E-state index contributed by atoms with van der Waals surface area (Å²) in [6, 6.07) is 4.23. The van der Waals surface area contributed by atoms with Crippen LogP contribution >= 0.6 is 0 Å². The number of nitriles is 1. The minimum absolute atomic E-state index is 0.0238. The number of aromatic hydroxyl groups is 2. The van der Waals surface area contributed by atoms with E-state index in [0.29, 0.717) is 6.07 Å². The fourth-order valence-electron chi connectivity index (χ4n) is 4.73. The molecule has 11 heteroatoms. The van der Waals surface area contributed by atoms with Crippen molar-refractivity contribution in [1.82, 2.24) is 4.57 Å². The van der Waals surface area contributed by atoms with Crippen LogP contribution in [0.3, 0.4) is 0 Å². The molecule has 170 valence electrons.